The Morgan fingerprint density at radius 2 is 0.947 bits per heavy atom. The predicted molar refractivity (Wildman–Crippen MR) is 90.1 cm³/mol. The summed E-state index contributed by atoms with van der Waals surface area (Å²) >= 11 is 0. The maximum absolute atomic E-state index is 6.01. The van der Waals surface area contributed by atoms with Gasteiger partial charge in [0, 0.05) is 25.9 Å². The molecule has 0 saturated carbocycles. The lowest BCUT2D eigenvalue weighted by Gasteiger charge is -2.28. The first-order valence-electron chi connectivity index (χ1n) is 7.66. The number of rotatable bonds is 13. The fourth-order valence-electron chi connectivity index (χ4n) is 1.55. The Morgan fingerprint density at radius 3 is 1.16 bits per heavy atom. The van der Waals surface area contributed by atoms with E-state index in [1.165, 1.54) is 0 Å². The molecule has 5 heteroatoms. The molecule has 19 heavy (non-hydrogen) atoms. The monoisotopic (exact) mass is 308 g/mol. The average Bonchev–Trinajstić information content (AvgIpc) is 2.39. The lowest BCUT2D eigenvalue weighted by atomic mass is 10.4. The van der Waals surface area contributed by atoms with Gasteiger partial charge in [-0.3, -0.25) is 0 Å². The van der Waals surface area contributed by atoms with Gasteiger partial charge >= 0.3 is 8.80 Å². The standard InChI is InChI=1S/C14H32O3Si.H4Si/c1-5-9-12-15-18(8-4,16-13-10-6-2)17-14-11-7-3;/h5-14H2,1-4H3;1H4. The maximum Gasteiger partial charge on any atom is 0.500 e. The summed E-state index contributed by atoms with van der Waals surface area (Å²) in [4.78, 5) is 0. The van der Waals surface area contributed by atoms with Gasteiger partial charge in [-0.1, -0.05) is 47.0 Å². The first-order valence-corrected chi connectivity index (χ1v) is 9.59. The zero-order chi connectivity index (χ0) is 13.7. The van der Waals surface area contributed by atoms with Gasteiger partial charge in [0.1, 0.15) is 0 Å². The molecular formula is C14H36O3Si2. The van der Waals surface area contributed by atoms with E-state index in [0.29, 0.717) is 0 Å². The van der Waals surface area contributed by atoms with Crippen LogP contribution < -0.4 is 0 Å². The first kappa shape index (κ1) is 21.6. The zero-order valence-corrected chi connectivity index (χ0v) is 13.8. The molecule has 0 aromatic heterocycles. The Kier molecular flexibility index (Phi) is 16.7. The Balaban J connectivity index is 0. The van der Waals surface area contributed by atoms with Crippen molar-refractivity contribution in [2.45, 2.75) is 72.3 Å². The maximum atomic E-state index is 6.01. The van der Waals surface area contributed by atoms with Crippen molar-refractivity contribution < 1.29 is 13.3 Å². The lowest BCUT2D eigenvalue weighted by Crippen LogP contribution is -2.46. The van der Waals surface area contributed by atoms with Gasteiger partial charge in [-0.05, 0) is 30.2 Å². The van der Waals surface area contributed by atoms with E-state index in [2.05, 4.69) is 27.7 Å². The van der Waals surface area contributed by atoms with Crippen LogP contribution in [0.15, 0.2) is 0 Å². The van der Waals surface area contributed by atoms with Gasteiger partial charge < -0.3 is 13.3 Å². The Hall–Kier alpha value is 0.314. The molecule has 0 aliphatic heterocycles. The number of hydrogen-bond donors (Lipinski definition) is 0. The summed E-state index contributed by atoms with van der Waals surface area (Å²) in [6, 6.07) is 0.879. The van der Waals surface area contributed by atoms with Gasteiger partial charge in [-0.15, -0.1) is 0 Å². The van der Waals surface area contributed by atoms with E-state index in [1.54, 1.807) is 0 Å². The smallest absolute Gasteiger partial charge is 0.373 e. The van der Waals surface area contributed by atoms with Gasteiger partial charge in [0.2, 0.25) is 0 Å². The lowest BCUT2D eigenvalue weighted by molar-refractivity contribution is 0.0574. The Bertz CT molecular complexity index is 154. The molecule has 3 nitrogen and oxygen atoms in total. The topological polar surface area (TPSA) is 27.7 Å². The van der Waals surface area contributed by atoms with Crippen molar-refractivity contribution in [1.29, 1.82) is 0 Å². The van der Waals surface area contributed by atoms with Crippen LogP contribution in [0.5, 0.6) is 0 Å². The molecule has 0 rings (SSSR count). The molecule has 118 valence electrons. The minimum atomic E-state index is -2.38. The van der Waals surface area contributed by atoms with Crippen molar-refractivity contribution in [3.8, 4) is 0 Å². The van der Waals surface area contributed by atoms with Crippen molar-refractivity contribution in [2.24, 2.45) is 0 Å². The third kappa shape index (κ3) is 10.7. The van der Waals surface area contributed by atoms with Gasteiger partial charge in [0.25, 0.3) is 0 Å². The third-order valence-corrected chi connectivity index (χ3v) is 5.69. The second kappa shape index (κ2) is 14.7. The summed E-state index contributed by atoms with van der Waals surface area (Å²) in [6.45, 7) is 11.0. The highest BCUT2D eigenvalue weighted by atomic mass is 28.4. The zero-order valence-electron chi connectivity index (χ0n) is 12.8. The van der Waals surface area contributed by atoms with Crippen LogP contribution in [-0.4, -0.2) is 39.6 Å². The van der Waals surface area contributed by atoms with E-state index < -0.39 is 8.80 Å². The van der Waals surface area contributed by atoms with Crippen molar-refractivity contribution in [3.63, 3.8) is 0 Å². The quantitative estimate of drug-likeness (QED) is 0.387. The Labute approximate surface area is 125 Å². The minimum Gasteiger partial charge on any atom is -0.373 e. The summed E-state index contributed by atoms with van der Waals surface area (Å²) < 4.78 is 18.0. The second-order valence-corrected chi connectivity index (χ2v) is 7.58. The highest BCUT2D eigenvalue weighted by molar-refractivity contribution is 6.60. The third-order valence-electron chi connectivity index (χ3n) is 2.89. The summed E-state index contributed by atoms with van der Waals surface area (Å²) in [6.07, 6.45) is 6.71. The molecule has 0 amide bonds. The molecule has 0 aliphatic rings. The number of unbranched alkanes of at least 4 members (excludes halogenated alkanes) is 3. The molecule has 0 radical (unpaired) electrons. The van der Waals surface area contributed by atoms with E-state index in [0.717, 1.165) is 64.4 Å². The SMILES string of the molecule is CCCCO[Si](CC)(OCCCC)OCCCC.[SiH4]. The second-order valence-electron chi connectivity index (χ2n) is 4.64. The molecule has 0 bridgehead atoms. The van der Waals surface area contributed by atoms with E-state index in [1.807, 2.05) is 0 Å². The fraction of sp³-hybridized carbons (Fsp3) is 1.00. The van der Waals surface area contributed by atoms with Crippen LogP contribution in [0.4, 0.5) is 0 Å². The van der Waals surface area contributed by atoms with Crippen LogP contribution in [0.2, 0.25) is 6.04 Å². The van der Waals surface area contributed by atoms with E-state index in [-0.39, 0.29) is 11.0 Å². The molecule has 0 aromatic rings. The van der Waals surface area contributed by atoms with Gasteiger partial charge in [0.05, 0.1) is 0 Å². The first-order chi connectivity index (χ1) is 8.74. The largest absolute Gasteiger partial charge is 0.500 e. The molecule has 0 N–H and O–H groups in total. The molecule has 0 fully saturated rings. The van der Waals surface area contributed by atoms with Crippen LogP contribution in [0, 0.1) is 0 Å². The van der Waals surface area contributed by atoms with E-state index in [9.17, 15) is 0 Å². The summed E-state index contributed by atoms with van der Waals surface area (Å²) in [5, 5.41) is 0. The van der Waals surface area contributed by atoms with Crippen LogP contribution in [0.1, 0.15) is 66.2 Å². The highest BCUT2D eigenvalue weighted by Crippen LogP contribution is 2.17. The van der Waals surface area contributed by atoms with Crippen LogP contribution in [0.3, 0.4) is 0 Å². The summed E-state index contributed by atoms with van der Waals surface area (Å²) in [5.41, 5.74) is 0. The van der Waals surface area contributed by atoms with Crippen molar-refractivity contribution in [1.82, 2.24) is 0 Å². The molecule has 0 unspecified atom stereocenters. The average molecular weight is 309 g/mol. The van der Waals surface area contributed by atoms with E-state index in [4.69, 9.17) is 13.3 Å². The van der Waals surface area contributed by atoms with Gasteiger partial charge in [-0.2, -0.15) is 0 Å². The molecular weight excluding hydrogens is 272 g/mol. The molecule has 0 spiro atoms. The van der Waals surface area contributed by atoms with E-state index >= 15 is 0 Å². The van der Waals surface area contributed by atoms with Crippen LogP contribution in [-0.2, 0) is 13.3 Å². The summed E-state index contributed by atoms with van der Waals surface area (Å²) in [5.74, 6) is 0. The number of hydrogen-bond acceptors (Lipinski definition) is 3. The fourth-order valence-corrected chi connectivity index (χ4v) is 3.78. The molecule has 0 aliphatic carbocycles. The molecule has 0 aromatic carbocycles. The normalized spacial score (nSPS) is 11.4. The summed E-state index contributed by atoms with van der Waals surface area (Å²) in [7, 11) is -2.38. The van der Waals surface area contributed by atoms with Crippen molar-refractivity contribution in [3.05, 3.63) is 0 Å². The minimum absolute atomic E-state index is 0. The van der Waals surface area contributed by atoms with Crippen LogP contribution in [0.25, 0.3) is 0 Å². The van der Waals surface area contributed by atoms with Crippen molar-refractivity contribution in [2.75, 3.05) is 19.8 Å². The van der Waals surface area contributed by atoms with Crippen LogP contribution >= 0.6 is 0 Å². The van der Waals surface area contributed by atoms with Crippen molar-refractivity contribution >= 4 is 19.8 Å². The molecule has 0 saturated heterocycles. The molecule has 0 heterocycles. The van der Waals surface area contributed by atoms with Gasteiger partial charge in [-0.25, -0.2) is 0 Å². The van der Waals surface area contributed by atoms with Gasteiger partial charge in [0.15, 0.2) is 0 Å². The highest BCUT2D eigenvalue weighted by Gasteiger charge is 2.38. The predicted octanol–water partition coefficient (Wildman–Crippen LogP) is 2.94. The molecule has 0 atom stereocenters. The Morgan fingerprint density at radius 1 is 0.632 bits per heavy atom.